The van der Waals surface area contributed by atoms with Crippen LogP contribution in [0, 0.1) is 0 Å². The van der Waals surface area contributed by atoms with Crippen LogP contribution in [-0.2, 0) is 6.42 Å². The SMILES string of the molecule is C=CCc1cc(Cl)c(Br)c(Cl)c1. The van der Waals surface area contributed by atoms with Gasteiger partial charge in [0.05, 0.1) is 14.5 Å². The summed E-state index contributed by atoms with van der Waals surface area (Å²) in [6, 6.07) is 3.75. The van der Waals surface area contributed by atoms with Gasteiger partial charge in [-0.05, 0) is 40.0 Å². The zero-order valence-corrected chi connectivity index (χ0v) is 9.38. The monoisotopic (exact) mass is 264 g/mol. The molecule has 12 heavy (non-hydrogen) atoms. The molecule has 0 fully saturated rings. The fraction of sp³-hybridized carbons (Fsp3) is 0.111. The van der Waals surface area contributed by atoms with Crippen LogP contribution in [-0.4, -0.2) is 0 Å². The second kappa shape index (κ2) is 4.31. The Kier molecular flexibility index (Phi) is 3.63. The summed E-state index contributed by atoms with van der Waals surface area (Å²) in [5.74, 6) is 0. The van der Waals surface area contributed by atoms with E-state index in [9.17, 15) is 0 Å². The first-order valence-electron chi connectivity index (χ1n) is 3.39. The second-order valence-electron chi connectivity index (χ2n) is 2.37. The number of rotatable bonds is 2. The molecule has 0 bridgehead atoms. The zero-order valence-electron chi connectivity index (χ0n) is 6.28. The predicted molar refractivity (Wildman–Crippen MR) is 58.1 cm³/mol. The lowest BCUT2D eigenvalue weighted by Crippen LogP contribution is -1.82. The van der Waals surface area contributed by atoms with Gasteiger partial charge in [0, 0.05) is 0 Å². The van der Waals surface area contributed by atoms with Crippen LogP contribution < -0.4 is 0 Å². The van der Waals surface area contributed by atoms with Gasteiger partial charge in [0.2, 0.25) is 0 Å². The van der Waals surface area contributed by atoms with Crippen molar-refractivity contribution in [3.05, 3.63) is 44.9 Å². The van der Waals surface area contributed by atoms with Crippen LogP contribution >= 0.6 is 39.1 Å². The maximum Gasteiger partial charge on any atom is 0.0566 e. The van der Waals surface area contributed by atoms with Gasteiger partial charge in [-0.2, -0.15) is 0 Å². The first-order chi connectivity index (χ1) is 5.65. The average molecular weight is 266 g/mol. The molecule has 1 rings (SSSR count). The standard InChI is InChI=1S/C9H7BrCl2/c1-2-3-6-4-7(11)9(10)8(12)5-6/h2,4-5H,1,3H2. The topological polar surface area (TPSA) is 0 Å². The molecule has 0 aromatic heterocycles. The lowest BCUT2D eigenvalue weighted by atomic mass is 10.1. The summed E-state index contributed by atoms with van der Waals surface area (Å²) < 4.78 is 0.749. The molecule has 3 heteroatoms. The Morgan fingerprint density at radius 1 is 1.33 bits per heavy atom. The number of benzene rings is 1. The fourth-order valence-electron chi connectivity index (χ4n) is 0.893. The van der Waals surface area contributed by atoms with Gasteiger partial charge in [0.25, 0.3) is 0 Å². The molecular weight excluding hydrogens is 259 g/mol. The molecule has 0 amide bonds. The van der Waals surface area contributed by atoms with Gasteiger partial charge < -0.3 is 0 Å². The third kappa shape index (κ3) is 2.25. The number of hydrogen-bond donors (Lipinski definition) is 0. The minimum absolute atomic E-state index is 0.638. The van der Waals surface area contributed by atoms with Gasteiger partial charge in [0.15, 0.2) is 0 Å². The van der Waals surface area contributed by atoms with E-state index >= 15 is 0 Å². The molecule has 0 atom stereocenters. The van der Waals surface area contributed by atoms with Crippen molar-refractivity contribution in [2.24, 2.45) is 0 Å². The summed E-state index contributed by atoms with van der Waals surface area (Å²) in [5, 5.41) is 1.28. The molecule has 0 radical (unpaired) electrons. The first-order valence-corrected chi connectivity index (χ1v) is 4.94. The van der Waals surface area contributed by atoms with Gasteiger partial charge in [0.1, 0.15) is 0 Å². The fourth-order valence-corrected chi connectivity index (χ4v) is 1.65. The van der Waals surface area contributed by atoms with Crippen LogP contribution in [0.3, 0.4) is 0 Å². The normalized spacial score (nSPS) is 9.92. The predicted octanol–water partition coefficient (Wildman–Crippen LogP) is 4.48. The van der Waals surface area contributed by atoms with Gasteiger partial charge in [-0.3, -0.25) is 0 Å². The van der Waals surface area contributed by atoms with Crippen LogP contribution in [0.5, 0.6) is 0 Å². The van der Waals surface area contributed by atoms with Crippen molar-refractivity contribution >= 4 is 39.1 Å². The minimum atomic E-state index is 0.638. The maximum atomic E-state index is 5.89. The molecule has 0 saturated carbocycles. The Morgan fingerprint density at radius 2 is 1.83 bits per heavy atom. The highest BCUT2D eigenvalue weighted by Crippen LogP contribution is 2.31. The van der Waals surface area contributed by atoms with Crippen LogP contribution in [0.2, 0.25) is 10.0 Å². The summed E-state index contributed by atoms with van der Waals surface area (Å²) in [7, 11) is 0. The Bertz CT molecular complexity index is 284. The molecule has 0 saturated heterocycles. The van der Waals surface area contributed by atoms with E-state index < -0.39 is 0 Å². The molecule has 0 aliphatic rings. The van der Waals surface area contributed by atoms with E-state index in [-0.39, 0.29) is 0 Å². The van der Waals surface area contributed by atoms with E-state index in [1.54, 1.807) is 0 Å². The Labute approximate surface area is 90.3 Å². The highest BCUT2D eigenvalue weighted by Gasteiger charge is 2.03. The number of allylic oxidation sites excluding steroid dienone is 1. The lowest BCUT2D eigenvalue weighted by Gasteiger charge is -2.02. The quantitative estimate of drug-likeness (QED) is 0.546. The Morgan fingerprint density at radius 3 is 2.25 bits per heavy atom. The third-order valence-electron chi connectivity index (χ3n) is 1.42. The van der Waals surface area contributed by atoms with Crippen LogP contribution in [0.15, 0.2) is 29.3 Å². The minimum Gasteiger partial charge on any atom is -0.103 e. The van der Waals surface area contributed by atoms with Gasteiger partial charge >= 0.3 is 0 Å². The van der Waals surface area contributed by atoms with Gasteiger partial charge in [-0.25, -0.2) is 0 Å². The van der Waals surface area contributed by atoms with Crippen molar-refractivity contribution in [1.82, 2.24) is 0 Å². The highest BCUT2D eigenvalue weighted by atomic mass is 79.9. The first kappa shape index (κ1) is 10.1. The molecule has 1 aromatic carbocycles. The van der Waals surface area contributed by atoms with Crippen molar-refractivity contribution < 1.29 is 0 Å². The molecule has 0 aliphatic heterocycles. The summed E-state index contributed by atoms with van der Waals surface area (Å²) in [6.07, 6.45) is 2.60. The summed E-state index contributed by atoms with van der Waals surface area (Å²) in [6.45, 7) is 3.64. The number of halogens is 3. The maximum absolute atomic E-state index is 5.89. The smallest absolute Gasteiger partial charge is 0.0566 e. The summed E-state index contributed by atoms with van der Waals surface area (Å²) in [4.78, 5) is 0. The van der Waals surface area contributed by atoms with E-state index in [1.165, 1.54) is 0 Å². The molecule has 0 heterocycles. The van der Waals surface area contributed by atoms with Crippen molar-refractivity contribution in [2.45, 2.75) is 6.42 Å². The molecule has 0 aliphatic carbocycles. The van der Waals surface area contributed by atoms with Crippen molar-refractivity contribution in [3.8, 4) is 0 Å². The van der Waals surface area contributed by atoms with Crippen LogP contribution in [0.1, 0.15) is 5.56 Å². The van der Waals surface area contributed by atoms with E-state index in [1.807, 2.05) is 18.2 Å². The summed E-state index contributed by atoms with van der Waals surface area (Å²) >= 11 is 15.1. The van der Waals surface area contributed by atoms with Gasteiger partial charge in [-0.15, -0.1) is 6.58 Å². The van der Waals surface area contributed by atoms with Crippen LogP contribution in [0.25, 0.3) is 0 Å². The average Bonchev–Trinajstić information content (AvgIpc) is 2.01. The molecule has 64 valence electrons. The van der Waals surface area contributed by atoms with E-state index in [4.69, 9.17) is 23.2 Å². The number of hydrogen-bond acceptors (Lipinski definition) is 0. The zero-order chi connectivity index (χ0) is 9.14. The molecule has 1 aromatic rings. The van der Waals surface area contributed by atoms with Crippen molar-refractivity contribution in [2.75, 3.05) is 0 Å². The summed E-state index contributed by atoms with van der Waals surface area (Å²) in [5.41, 5.74) is 1.07. The largest absolute Gasteiger partial charge is 0.103 e. The Hall–Kier alpha value is 0.0200. The lowest BCUT2D eigenvalue weighted by molar-refractivity contribution is 1.27. The molecular formula is C9H7BrCl2. The van der Waals surface area contributed by atoms with E-state index in [0.717, 1.165) is 16.5 Å². The molecule has 0 unspecified atom stereocenters. The van der Waals surface area contributed by atoms with Crippen molar-refractivity contribution in [1.29, 1.82) is 0 Å². The molecule has 0 nitrogen and oxygen atoms in total. The molecule has 0 N–H and O–H groups in total. The van der Waals surface area contributed by atoms with Crippen molar-refractivity contribution in [3.63, 3.8) is 0 Å². The van der Waals surface area contributed by atoms with E-state index in [0.29, 0.717) is 10.0 Å². The van der Waals surface area contributed by atoms with Crippen LogP contribution in [0.4, 0.5) is 0 Å². The second-order valence-corrected chi connectivity index (χ2v) is 3.97. The van der Waals surface area contributed by atoms with E-state index in [2.05, 4.69) is 22.5 Å². The molecule has 0 spiro atoms. The Balaban J connectivity index is 3.11. The third-order valence-corrected chi connectivity index (χ3v) is 3.33. The highest BCUT2D eigenvalue weighted by molar-refractivity contribution is 9.10. The van der Waals surface area contributed by atoms with Gasteiger partial charge in [-0.1, -0.05) is 29.3 Å².